The topological polar surface area (TPSA) is 49.3 Å². The fourth-order valence-electron chi connectivity index (χ4n) is 1.58. The number of carbonyl (C=O) groups is 1. The van der Waals surface area contributed by atoms with Gasteiger partial charge in [-0.05, 0) is 40.8 Å². The van der Waals surface area contributed by atoms with Gasteiger partial charge in [-0.25, -0.2) is 0 Å². The van der Waals surface area contributed by atoms with Crippen molar-refractivity contribution in [2.24, 2.45) is 0 Å². The zero-order valence-electron chi connectivity index (χ0n) is 10.1. The second-order valence-electron chi connectivity index (χ2n) is 4.32. The van der Waals surface area contributed by atoms with Crippen LogP contribution in [0.1, 0.15) is 17.4 Å². The number of hydrogen-bond acceptors (Lipinski definition) is 4. The predicted octanol–water partition coefficient (Wildman–Crippen LogP) is 2.38. The van der Waals surface area contributed by atoms with Crippen LogP contribution < -0.4 is 5.32 Å². The molecule has 5 heteroatoms. The van der Waals surface area contributed by atoms with Crippen LogP contribution in [0, 0.1) is 0 Å². The first-order valence-corrected chi connectivity index (χ1v) is 7.44. The third-order valence-corrected chi connectivity index (χ3v) is 4.25. The summed E-state index contributed by atoms with van der Waals surface area (Å²) in [5.41, 5.74) is -0.172. The van der Waals surface area contributed by atoms with E-state index in [0.717, 1.165) is 10.4 Å². The normalized spacial score (nSPS) is 14.1. The molecule has 1 atom stereocenters. The number of carbonyl (C=O) groups excluding carboxylic acids is 1. The summed E-state index contributed by atoms with van der Waals surface area (Å²) in [6.07, 6.45) is 0.372. The van der Waals surface area contributed by atoms with Crippen molar-refractivity contribution in [1.82, 2.24) is 5.32 Å². The molecule has 0 saturated heterocycles. The van der Waals surface area contributed by atoms with Crippen molar-refractivity contribution in [3.63, 3.8) is 0 Å². The molecule has 0 fully saturated rings. The lowest BCUT2D eigenvalue weighted by Crippen LogP contribution is -2.38. The van der Waals surface area contributed by atoms with E-state index >= 15 is 0 Å². The van der Waals surface area contributed by atoms with Crippen molar-refractivity contribution in [2.75, 3.05) is 6.54 Å². The Morgan fingerprint density at radius 3 is 2.89 bits per heavy atom. The van der Waals surface area contributed by atoms with Gasteiger partial charge in [0.2, 0.25) is 5.91 Å². The molecule has 2 heterocycles. The zero-order chi connectivity index (χ0) is 13.0. The maximum atomic E-state index is 11.7. The summed E-state index contributed by atoms with van der Waals surface area (Å²) in [7, 11) is 0. The Labute approximate surface area is 114 Å². The van der Waals surface area contributed by atoms with Crippen LogP contribution in [-0.4, -0.2) is 17.6 Å². The number of aliphatic hydroxyl groups is 1. The van der Waals surface area contributed by atoms with Gasteiger partial charge in [-0.3, -0.25) is 4.79 Å². The van der Waals surface area contributed by atoms with Crippen LogP contribution in [0.3, 0.4) is 0 Å². The van der Waals surface area contributed by atoms with Crippen LogP contribution >= 0.6 is 22.7 Å². The third-order valence-electron chi connectivity index (χ3n) is 2.69. The molecule has 2 aromatic heterocycles. The molecule has 0 aromatic carbocycles. The minimum absolute atomic E-state index is 0.0621. The summed E-state index contributed by atoms with van der Waals surface area (Å²) in [5, 5.41) is 18.8. The Balaban J connectivity index is 1.86. The SMILES string of the molecule is C[C@](O)(CNC(=O)Cc1cccs1)c1ccsc1. The Bertz CT molecular complexity index is 489. The molecule has 2 aromatic rings. The molecule has 1 amide bonds. The first kappa shape index (κ1) is 13.3. The van der Waals surface area contributed by atoms with Gasteiger partial charge >= 0.3 is 0 Å². The molecule has 3 nitrogen and oxygen atoms in total. The van der Waals surface area contributed by atoms with E-state index in [4.69, 9.17) is 0 Å². The maximum absolute atomic E-state index is 11.7. The van der Waals surface area contributed by atoms with Gasteiger partial charge in [0.05, 0.1) is 13.0 Å². The highest BCUT2D eigenvalue weighted by atomic mass is 32.1. The molecule has 0 radical (unpaired) electrons. The van der Waals surface area contributed by atoms with Crippen LogP contribution in [0.15, 0.2) is 34.3 Å². The summed E-state index contributed by atoms with van der Waals surface area (Å²) >= 11 is 3.09. The summed E-state index contributed by atoms with van der Waals surface area (Å²) in [4.78, 5) is 12.7. The molecular weight excluding hydrogens is 266 g/mol. The maximum Gasteiger partial charge on any atom is 0.225 e. The highest BCUT2D eigenvalue weighted by Gasteiger charge is 2.24. The Morgan fingerprint density at radius 1 is 1.44 bits per heavy atom. The van der Waals surface area contributed by atoms with Crippen LogP contribution in [0.2, 0.25) is 0 Å². The third kappa shape index (κ3) is 3.41. The van der Waals surface area contributed by atoms with E-state index in [9.17, 15) is 9.90 Å². The number of hydrogen-bond donors (Lipinski definition) is 2. The average Bonchev–Trinajstić information content (AvgIpc) is 2.99. The predicted molar refractivity (Wildman–Crippen MR) is 74.9 cm³/mol. The minimum atomic E-state index is -1.01. The first-order chi connectivity index (χ1) is 8.58. The lowest BCUT2D eigenvalue weighted by Gasteiger charge is -2.22. The second-order valence-corrected chi connectivity index (χ2v) is 6.13. The summed E-state index contributed by atoms with van der Waals surface area (Å²) in [6, 6.07) is 5.73. The fourth-order valence-corrected chi connectivity index (χ4v) is 3.06. The van der Waals surface area contributed by atoms with E-state index in [1.165, 1.54) is 11.3 Å². The molecule has 0 saturated carbocycles. The lowest BCUT2D eigenvalue weighted by molar-refractivity contribution is -0.121. The largest absolute Gasteiger partial charge is 0.384 e. The quantitative estimate of drug-likeness (QED) is 0.884. The monoisotopic (exact) mass is 281 g/mol. The van der Waals surface area contributed by atoms with Crippen molar-refractivity contribution < 1.29 is 9.90 Å². The Morgan fingerprint density at radius 2 is 2.28 bits per heavy atom. The van der Waals surface area contributed by atoms with Crippen LogP contribution in [0.25, 0.3) is 0 Å². The smallest absolute Gasteiger partial charge is 0.225 e. The molecule has 0 aliphatic heterocycles. The second kappa shape index (κ2) is 5.65. The number of rotatable bonds is 5. The average molecular weight is 281 g/mol. The fraction of sp³-hybridized carbons (Fsp3) is 0.308. The number of thiophene rings is 2. The van der Waals surface area contributed by atoms with Gasteiger partial charge in [-0.1, -0.05) is 6.07 Å². The van der Waals surface area contributed by atoms with E-state index in [-0.39, 0.29) is 12.5 Å². The van der Waals surface area contributed by atoms with Gasteiger partial charge in [0.25, 0.3) is 0 Å². The molecular formula is C13H15NO2S2. The zero-order valence-corrected chi connectivity index (χ0v) is 11.7. The molecule has 96 valence electrons. The minimum Gasteiger partial charge on any atom is -0.384 e. The van der Waals surface area contributed by atoms with Gasteiger partial charge in [0.15, 0.2) is 0 Å². The molecule has 2 rings (SSSR count). The van der Waals surface area contributed by atoms with Gasteiger partial charge in [-0.15, -0.1) is 11.3 Å². The van der Waals surface area contributed by atoms with E-state index in [1.807, 2.05) is 34.3 Å². The standard InChI is InChI=1S/C13H15NO2S2/c1-13(16,10-4-6-17-8-10)9-14-12(15)7-11-3-2-5-18-11/h2-6,8,16H,7,9H2,1H3,(H,14,15)/t13-/m0/s1. The molecule has 0 aliphatic carbocycles. The van der Waals surface area contributed by atoms with Crippen LogP contribution in [0.5, 0.6) is 0 Å². The first-order valence-electron chi connectivity index (χ1n) is 5.62. The summed E-state index contributed by atoms with van der Waals surface area (Å²) < 4.78 is 0. The summed E-state index contributed by atoms with van der Waals surface area (Å²) in [6.45, 7) is 1.94. The molecule has 2 N–H and O–H groups in total. The van der Waals surface area contributed by atoms with Crippen molar-refractivity contribution in [3.05, 3.63) is 44.8 Å². The molecule has 0 unspecified atom stereocenters. The van der Waals surface area contributed by atoms with E-state index < -0.39 is 5.60 Å². The van der Waals surface area contributed by atoms with E-state index in [1.54, 1.807) is 18.3 Å². The van der Waals surface area contributed by atoms with Crippen molar-refractivity contribution in [3.8, 4) is 0 Å². The van der Waals surface area contributed by atoms with E-state index in [2.05, 4.69) is 5.32 Å². The van der Waals surface area contributed by atoms with Crippen molar-refractivity contribution in [2.45, 2.75) is 18.9 Å². The highest BCUT2D eigenvalue weighted by Crippen LogP contribution is 2.22. The van der Waals surface area contributed by atoms with Gasteiger partial charge in [0, 0.05) is 4.88 Å². The molecule has 0 aliphatic rings. The number of nitrogens with one attached hydrogen (secondary N) is 1. The van der Waals surface area contributed by atoms with E-state index in [0.29, 0.717) is 6.42 Å². The summed E-state index contributed by atoms with van der Waals surface area (Å²) in [5.74, 6) is -0.0621. The number of amides is 1. The highest BCUT2D eigenvalue weighted by molar-refractivity contribution is 7.10. The molecule has 18 heavy (non-hydrogen) atoms. The molecule has 0 spiro atoms. The lowest BCUT2D eigenvalue weighted by atomic mass is 9.99. The van der Waals surface area contributed by atoms with Gasteiger partial charge in [0.1, 0.15) is 5.60 Å². The van der Waals surface area contributed by atoms with Crippen LogP contribution in [-0.2, 0) is 16.8 Å². The van der Waals surface area contributed by atoms with Crippen molar-refractivity contribution in [1.29, 1.82) is 0 Å². The van der Waals surface area contributed by atoms with Gasteiger partial charge < -0.3 is 10.4 Å². The van der Waals surface area contributed by atoms with Crippen molar-refractivity contribution >= 4 is 28.6 Å². The Kier molecular flexibility index (Phi) is 4.16. The Hall–Kier alpha value is -1.17. The van der Waals surface area contributed by atoms with Gasteiger partial charge in [-0.2, -0.15) is 11.3 Å². The molecule has 0 bridgehead atoms. The van der Waals surface area contributed by atoms with Crippen LogP contribution in [0.4, 0.5) is 0 Å².